The molecule has 19 heavy (non-hydrogen) atoms. The molecule has 0 aliphatic heterocycles. The molecule has 0 spiro atoms. The molecule has 100 valence electrons. The maximum absolute atomic E-state index is 12.0. The van der Waals surface area contributed by atoms with Crippen molar-refractivity contribution in [2.75, 3.05) is 19.5 Å². The van der Waals surface area contributed by atoms with Gasteiger partial charge >= 0.3 is 0 Å². The predicted molar refractivity (Wildman–Crippen MR) is 72.7 cm³/mol. The van der Waals surface area contributed by atoms with Crippen molar-refractivity contribution in [3.8, 4) is 6.01 Å². The third kappa shape index (κ3) is 2.90. The molecule has 0 aromatic carbocycles. The number of nitrogens with zero attached hydrogens (tertiary/aromatic N) is 3. The molecule has 1 N–H and O–H groups in total. The smallest absolute Gasteiger partial charge is 0.299 e. The fourth-order valence-corrected chi connectivity index (χ4v) is 1.74. The Hall–Kier alpha value is -2.37. The average molecular weight is 260 g/mol. The van der Waals surface area contributed by atoms with Gasteiger partial charge in [-0.15, -0.1) is 0 Å². The number of methoxy groups -OCH3 is 1. The van der Waals surface area contributed by atoms with Crippen LogP contribution in [0.2, 0.25) is 0 Å². The normalized spacial score (nSPS) is 10.3. The minimum atomic E-state index is -0.137. The summed E-state index contributed by atoms with van der Waals surface area (Å²) in [4.78, 5) is 20.4. The fourth-order valence-electron chi connectivity index (χ4n) is 1.74. The number of hydrogen-bond donors (Lipinski definition) is 1. The summed E-state index contributed by atoms with van der Waals surface area (Å²) >= 11 is 0. The van der Waals surface area contributed by atoms with Crippen LogP contribution in [0.3, 0.4) is 0 Å². The number of aromatic nitrogens is 3. The van der Waals surface area contributed by atoms with E-state index in [-0.39, 0.29) is 5.56 Å². The zero-order valence-electron chi connectivity index (χ0n) is 11.2. The molecule has 0 fully saturated rings. The summed E-state index contributed by atoms with van der Waals surface area (Å²) in [7, 11) is 3.31. The molecule has 2 aromatic heterocycles. The minimum Gasteiger partial charge on any atom is -0.468 e. The largest absolute Gasteiger partial charge is 0.468 e. The lowest BCUT2D eigenvalue weighted by atomic mass is 10.3. The third-order valence-electron chi connectivity index (χ3n) is 2.71. The molecule has 0 radical (unpaired) electrons. The van der Waals surface area contributed by atoms with Crippen molar-refractivity contribution in [2.45, 2.75) is 13.5 Å². The van der Waals surface area contributed by atoms with Gasteiger partial charge < -0.3 is 10.1 Å². The van der Waals surface area contributed by atoms with Crippen LogP contribution in [0.15, 0.2) is 29.2 Å². The van der Waals surface area contributed by atoms with Gasteiger partial charge in [-0.3, -0.25) is 9.36 Å². The number of ether oxygens (including phenoxy) is 1. The molecular formula is C13H16N4O2. The standard InChI is InChI=1S/C13H16N4O2/c1-9-6-12(18)17(13(16-9)19-3)8-10-4-5-11(14-2)15-7-10/h4-7H,8H2,1-3H3,(H,14,15). The quantitative estimate of drug-likeness (QED) is 0.889. The van der Waals surface area contributed by atoms with Crippen molar-refractivity contribution in [3.63, 3.8) is 0 Å². The van der Waals surface area contributed by atoms with E-state index >= 15 is 0 Å². The Bertz CT molecular complexity index is 620. The van der Waals surface area contributed by atoms with E-state index < -0.39 is 0 Å². The van der Waals surface area contributed by atoms with Crippen molar-refractivity contribution < 1.29 is 4.74 Å². The molecular weight excluding hydrogens is 244 g/mol. The molecule has 2 heterocycles. The van der Waals surface area contributed by atoms with Gasteiger partial charge in [0.25, 0.3) is 11.6 Å². The number of aryl methyl sites for hydroxylation is 1. The first kappa shape index (κ1) is 13.1. The van der Waals surface area contributed by atoms with E-state index in [9.17, 15) is 4.79 Å². The zero-order valence-corrected chi connectivity index (χ0v) is 11.2. The van der Waals surface area contributed by atoms with Crippen molar-refractivity contribution >= 4 is 5.82 Å². The van der Waals surface area contributed by atoms with Crippen molar-refractivity contribution in [1.82, 2.24) is 14.5 Å². The van der Waals surface area contributed by atoms with E-state index in [0.29, 0.717) is 18.2 Å². The second kappa shape index (κ2) is 5.51. The highest BCUT2D eigenvalue weighted by Gasteiger charge is 2.08. The molecule has 0 aliphatic rings. The van der Waals surface area contributed by atoms with Crippen LogP contribution in [0, 0.1) is 6.92 Å². The van der Waals surface area contributed by atoms with Crippen molar-refractivity contribution in [1.29, 1.82) is 0 Å². The number of rotatable bonds is 4. The summed E-state index contributed by atoms with van der Waals surface area (Å²) in [6.45, 7) is 2.14. The number of nitrogens with one attached hydrogen (secondary N) is 1. The Morgan fingerprint density at radius 2 is 2.21 bits per heavy atom. The Labute approximate surface area is 111 Å². The second-order valence-electron chi connectivity index (χ2n) is 4.11. The van der Waals surface area contributed by atoms with Crippen LogP contribution in [0.25, 0.3) is 0 Å². The lowest BCUT2D eigenvalue weighted by molar-refractivity contribution is 0.350. The molecule has 0 bridgehead atoms. The molecule has 0 atom stereocenters. The van der Waals surface area contributed by atoms with Crippen LogP contribution in [-0.4, -0.2) is 28.7 Å². The molecule has 0 unspecified atom stereocenters. The van der Waals surface area contributed by atoms with Crippen LogP contribution in [0.5, 0.6) is 6.01 Å². The van der Waals surface area contributed by atoms with Gasteiger partial charge in [-0.2, -0.15) is 0 Å². The Morgan fingerprint density at radius 1 is 1.42 bits per heavy atom. The van der Waals surface area contributed by atoms with Gasteiger partial charge in [-0.05, 0) is 18.6 Å². The van der Waals surface area contributed by atoms with E-state index in [2.05, 4.69) is 15.3 Å². The van der Waals surface area contributed by atoms with E-state index in [1.165, 1.54) is 17.7 Å². The maximum Gasteiger partial charge on any atom is 0.299 e. The van der Waals surface area contributed by atoms with E-state index in [1.807, 2.05) is 12.1 Å². The molecule has 0 saturated carbocycles. The molecule has 0 saturated heterocycles. The SMILES string of the molecule is CNc1ccc(Cn2c(OC)nc(C)cc2=O)cn1. The maximum atomic E-state index is 12.0. The molecule has 6 nitrogen and oxygen atoms in total. The lowest BCUT2D eigenvalue weighted by Gasteiger charge is -2.11. The van der Waals surface area contributed by atoms with Gasteiger partial charge in [0.1, 0.15) is 5.82 Å². The summed E-state index contributed by atoms with van der Waals surface area (Å²) in [5.41, 5.74) is 1.41. The summed E-state index contributed by atoms with van der Waals surface area (Å²) < 4.78 is 6.62. The van der Waals surface area contributed by atoms with Gasteiger partial charge in [-0.1, -0.05) is 6.07 Å². The van der Waals surface area contributed by atoms with Crippen molar-refractivity contribution in [3.05, 3.63) is 46.0 Å². The Kier molecular flexibility index (Phi) is 3.79. The second-order valence-corrected chi connectivity index (χ2v) is 4.11. The molecule has 2 rings (SSSR count). The van der Waals surface area contributed by atoms with Crippen LogP contribution < -0.4 is 15.6 Å². The van der Waals surface area contributed by atoms with Gasteiger partial charge in [0.2, 0.25) is 0 Å². The van der Waals surface area contributed by atoms with Crippen LogP contribution >= 0.6 is 0 Å². The average Bonchev–Trinajstić information content (AvgIpc) is 2.42. The summed E-state index contributed by atoms with van der Waals surface area (Å²) in [5.74, 6) is 0.782. The minimum absolute atomic E-state index is 0.137. The van der Waals surface area contributed by atoms with Gasteiger partial charge in [0.05, 0.1) is 13.7 Å². The highest BCUT2D eigenvalue weighted by Crippen LogP contribution is 2.10. The van der Waals surface area contributed by atoms with E-state index in [1.54, 1.807) is 20.2 Å². The molecule has 0 aliphatic carbocycles. The highest BCUT2D eigenvalue weighted by molar-refractivity contribution is 5.34. The number of anilines is 1. The first-order chi connectivity index (χ1) is 9.13. The van der Waals surface area contributed by atoms with Crippen molar-refractivity contribution in [2.24, 2.45) is 0 Å². The number of pyridine rings is 1. The van der Waals surface area contributed by atoms with Gasteiger partial charge in [0, 0.05) is 25.0 Å². The third-order valence-corrected chi connectivity index (χ3v) is 2.71. The molecule has 2 aromatic rings. The Morgan fingerprint density at radius 3 is 2.79 bits per heavy atom. The first-order valence-corrected chi connectivity index (χ1v) is 5.89. The topological polar surface area (TPSA) is 69.0 Å². The van der Waals surface area contributed by atoms with Crippen LogP contribution in [0.1, 0.15) is 11.3 Å². The van der Waals surface area contributed by atoms with E-state index in [4.69, 9.17) is 4.74 Å². The van der Waals surface area contributed by atoms with Crippen LogP contribution in [-0.2, 0) is 6.54 Å². The zero-order chi connectivity index (χ0) is 13.8. The summed E-state index contributed by atoms with van der Waals surface area (Å²) in [6.07, 6.45) is 1.72. The first-order valence-electron chi connectivity index (χ1n) is 5.89. The fraction of sp³-hybridized carbons (Fsp3) is 0.308. The summed E-state index contributed by atoms with van der Waals surface area (Å²) in [6, 6.07) is 5.56. The lowest BCUT2D eigenvalue weighted by Crippen LogP contribution is -2.23. The molecule has 0 amide bonds. The monoisotopic (exact) mass is 260 g/mol. The van der Waals surface area contributed by atoms with Gasteiger partial charge in [-0.25, -0.2) is 9.97 Å². The highest BCUT2D eigenvalue weighted by atomic mass is 16.5. The van der Waals surface area contributed by atoms with Crippen LogP contribution in [0.4, 0.5) is 5.82 Å². The summed E-state index contributed by atoms with van der Waals surface area (Å²) in [5, 5.41) is 2.94. The Balaban J connectivity index is 2.34. The van der Waals surface area contributed by atoms with Gasteiger partial charge in [0.15, 0.2) is 0 Å². The predicted octanol–water partition coefficient (Wildman–Crippen LogP) is 1.05. The number of hydrogen-bond acceptors (Lipinski definition) is 5. The molecule has 6 heteroatoms. The van der Waals surface area contributed by atoms with E-state index in [0.717, 1.165) is 11.4 Å².